The number of ether oxygens (including phenoxy) is 2. The fourth-order valence-corrected chi connectivity index (χ4v) is 2.77. The van der Waals surface area contributed by atoms with E-state index < -0.39 is 17.7 Å². The Labute approximate surface area is 149 Å². The van der Waals surface area contributed by atoms with Gasteiger partial charge in [-0.05, 0) is 48.8 Å². The summed E-state index contributed by atoms with van der Waals surface area (Å²) in [5, 5.41) is 2.73. The van der Waals surface area contributed by atoms with Gasteiger partial charge in [-0.1, -0.05) is 6.07 Å². The Bertz CT molecular complexity index is 618. The standard InChI is InChI=1S/C16H22BrN3O4/c1-16(2,3)24-15(22)20-9-10(23-4)8-11(20)14(21)19-13-7-5-6-12(17)18-13/h5-7,10-11H,8-9H2,1-4H3,(H,18,19,21)/t10-,11+/m1/s1. The molecule has 24 heavy (non-hydrogen) atoms. The van der Waals surface area contributed by atoms with Crippen LogP contribution in [0.1, 0.15) is 27.2 Å². The van der Waals surface area contributed by atoms with Crippen LogP contribution in [-0.2, 0) is 14.3 Å². The molecule has 7 nitrogen and oxygen atoms in total. The van der Waals surface area contributed by atoms with E-state index in [4.69, 9.17) is 9.47 Å². The maximum Gasteiger partial charge on any atom is 0.411 e. The molecule has 0 radical (unpaired) electrons. The normalized spacial score (nSPS) is 20.8. The van der Waals surface area contributed by atoms with E-state index in [1.165, 1.54) is 4.90 Å². The molecule has 1 aromatic heterocycles. The van der Waals surface area contributed by atoms with Crippen LogP contribution >= 0.6 is 15.9 Å². The fourth-order valence-electron chi connectivity index (χ4n) is 2.43. The van der Waals surface area contributed by atoms with Crippen LogP contribution in [0.15, 0.2) is 22.8 Å². The van der Waals surface area contributed by atoms with Crippen molar-refractivity contribution in [1.82, 2.24) is 9.88 Å². The second kappa shape index (κ2) is 7.48. The lowest BCUT2D eigenvalue weighted by atomic mass is 10.2. The molecule has 1 fully saturated rings. The number of rotatable bonds is 3. The first-order valence-electron chi connectivity index (χ1n) is 7.65. The molecule has 1 N–H and O–H groups in total. The van der Waals surface area contributed by atoms with Crippen LogP contribution in [0, 0.1) is 0 Å². The van der Waals surface area contributed by atoms with Crippen LogP contribution < -0.4 is 5.32 Å². The third-order valence-corrected chi connectivity index (χ3v) is 3.93. The van der Waals surface area contributed by atoms with E-state index in [0.717, 1.165) is 0 Å². The molecule has 2 rings (SSSR count). The number of likely N-dealkylation sites (tertiary alicyclic amines) is 1. The second-order valence-corrected chi connectivity index (χ2v) is 7.39. The van der Waals surface area contributed by atoms with Gasteiger partial charge < -0.3 is 14.8 Å². The molecule has 0 unspecified atom stereocenters. The van der Waals surface area contributed by atoms with Gasteiger partial charge >= 0.3 is 6.09 Å². The molecule has 2 amide bonds. The van der Waals surface area contributed by atoms with Gasteiger partial charge in [-0.3, -0.25) is 9.69 Å². The van der Waals surface area contributed by atoms with Gasteiger partial charge in [-0.25, -0.2) is 9.78 Å². The lowest BCUT2D eigenvalue weighted by Crippen LogP contribution is -2.45. The van der Waals surface area contributed by atoms with Crippen molar-refractivity contribution in [2.24, 2.45) is 0 Å². The molecule has 1 aromatic rings. The minimum atomic E-state index is -0.661. The summed E-state index contributed by atoms with van der Waals surface area (Å²) in [6.07, 6.45) is -0.316. The minimum Gasteiger partial charge on any atom is -0.444 e. The lowest BCUT2D eigenvalue weighted by molar-refractivity contribution is -0.120. The van der Waals surface area contributed by atoms with Crippen LogP contribution in [0.5, 0.6) is 0 Å². The van der Waals surface area contributed by atoms with Crippen molar-refractivity contribution in [1.29, 1.82) is 0 Å². The Morgan fingerprint density at radius 2 is 2.08 bits per heavy atom. The first-order valence-corrected chi connectivity index (χ1v) is 8.45. The number of pyridine rings is 1. The molecular formula is C16H22BrN3O4. The third kappa shape index (κ3) is 4.91. The number of nitrogens with one attached hydrogen (secondary N) is 1. The van der Waals surface area contributed by atoms with Crippen molar-refractivity contribution in [3.63, 3.8) is 0 Å². The van der Waals surface area contributed by atoms with Gasteiger partial charge in [-0.2, -0.15) is 0 Å². The van der Waals surface area contributed by atoms with Crippen LogP contribution in [0.3, 0.4) is 0 Å². The average molecular weight is 400 g/mol. The molecule has 2 atom stereocenters. The Kier molecular flexibility index (Phi) is 5.82. The van der Waals surface area contributed by atoms with Crippen molar-refractivity contribution in [3.8, 4) is 0 Å². The van der Waals surface area contributed by atoms with Crippen LogP contribution in [0.4, 0.5) is 10.6 Å². The highest BCUT2D eigenvalue weighted by Gasteiger charge is 2.41. The largest absolute Gasteiger partial charge is 0.444 e. The third-order valence-electron chi connectivity index (χ3n) is 3.49. The molecule has 0 bridgehead atoms. The highest BCUT2D eigenvalue weighted by Crippen LogP contribution is 2.24. The predicted molar refractivity (Wildman–Crippen MR) is 92.7 cm³/mol. The zero-order chi connectivity index (χ0) is 17.9. The molecule has 132 valence electrons. The first-order chi connectivity index (χ1) is 11.2. The van der Waals surface area contributed by atoms with Crippen molar-refractivity contribution in [3.05, 3.63) is 22.8 Å². The Hall–Kier alpha value is -1.67. The number of methoxy groups -OCH3 is 1. The fraction of sp³-hybridized carbons (Fsp3) is 0.562. The summed E-state index contributed by atoms with van der Waals surface area (Å²) in [5.41, 5.74) is -0.630. The lowest BCUT2D eigenvalue weighted by Gasteiger charge is -2.27. The zero-order valence-electron chi connectivity index (χ0n) is 14.2. The quantitative estimate of drug-likeness (QED) is 0.790. The maximum atomic E-state index is 12.6. The van der Waals surface area contributed by atoms with Crippen molar-refractivity contribution in [2.75, 3.05) is 19.0 Å². The van der Waals surface area contributed by atoms with E-state index in [9.17, 15) is 9.59 Å². The minimum absolute atomic E-state index is 0.205. The molecule has 0 spiro atoms. The summed E-state index contributed by atoms with van der Waals surface area (Å²) in [6, 6.07) is 4.55. The van der Waals surface area contributed by atoms with Gasteiger partial charge in [0, 0.05) is 13.5 Å². The number of carbonyl (C=O) groups is 2. The number of carbonyl (C=O) groups excluding carboxylic acids is 2. The number of nitrogens with zero attached hydrogens (tertiary/aromatic N) is 2. The highest BCUT2D eigenvalue weighted by atomic mass is 79.9. The molecule has 8 heteroatoms. The average Bonchev–Trinajstić information content (AvgIpc) is 2.90. The van der Waals surface area contributed by atoms with E-state index in [1.807, 2.05) is 0 Å². The van der Waals surface area contributed by atoms with E-state index >= 15 is 0 Å². The number of aromatic nitrogens is 1. The molecule has 1 saturated heterocycles. The summed E-state index contributed by atoms with van der Waals surface area (Å²) in [6.45, 7) is 5.68. The number of anilines is 1. The van der Waals surface area contributed by atoms with Crippen molar-refractivity contribution in [2.45, 2.75) is 44.9 Å². The highest BCUT2D eigenvalue weighted by molar-refractivity contribution is 9.10. The molecular weight excluding hydrogens is 378 g/mol. The topological polar surface area (TPSA) is 80.8 Å². The number of hydrogen-bond acceptors (Lipinski definition) is 5. The summed E-state index contributed by atoms with van der Waals surface area (Å²) < 4.78 is 11.3. The SMILES string of the molecule is CO[C@@H]1C[C@@H](C(=O)Nc2cccc(Br)n2)N(C(=O)OC(C)(C)C)C1. The number of halogens is 1. The molecule has 0 aliphatic carbocycles. The van der Waals surface area contributed by atoms with Gasteiger partial charge in [0.2, 0.25) is 5.91 Å². The summed E-state index contributed by atoms with van der Waals surface area (Å²) in [7, 11) is 1.56. The molecule has 0 saturated carbocycles. The molecule has 0 aromatic carbocycles. The molecule has 1 aliphatic rings. The first kappa shape index (κ1) is 18.7. The van der Waals surface area contributed by atoms with Gasteiger partial charge in [0.1, 0.15) is 22.1 Å². The predicted octanol–water partition coefficient (Wildman–Crippen LogP) is 2.81. The Morgan fingerprint density at radius 1 is 1.38 bits per heavy atom. The van der Waals surface area contributed by atoms with Crippen LogP contribution in [-0.4, -0.2) is 53.3 Å². The summed E-state index contributed by atoms with van der Waals surface area (Å²) in [4.78, 5) is 30.6. The van der Waals surface area contributed by atoms with E-state index in [1.54, 1.807) is 46.1 Å². The molecule has 1 aliphatic heterocycles. The van der Waals surface area contributed by atoms with Gasteiger partial charge in [0.25, 0.3) is 0 Å². The van der Waals surface area contributed by atoms with E-state index in [2.05, 4.69) is 26.2 Å². The van der Waals surface area contributed by atoms with Gasteiger partial charge in [0.15, 0.2) is 0 Å². The second-order valence-electron chi connectivity index (χ2n) is 6.58. The van der Waals surface area contributed by atoms with Crippen LogP contribution in [0.2, 0.25) is 0 Å². The van der Waals surface area contributed by atoms with Gasteiger partial charge in [-0.15, -0.1) is 0 Å². The Balaban J connectivity index is 2.12. The van der Waals surface area contributed by atoms with Crippen molar-refractivity contribution >= 4 is 33.7 Å². The number of hydrogen-bond donors (Lipinski definition) is 1. The molecule has 2 heterocycles. The van der Waals surface area contributed by atoms with E-state index in [0.29, 0.717) is 23.4 Å². The van der Waals surface area contributed by atoms with E-state index in [-0.39, 0.29) is 12.0 Å². The Morgan fingerprint density at radius 3 is 2.67 bits per heavy atom. The zero-order valence-corrected chi connectivity index (χ0v) is 15.8. The van der Waals surface area contributed by atoms with Crippen LogP contribution in [0.25, 0.3) is 0 Å². The van der Waals surface area contributed by atoms with Gasteiger partial charge in [0.05, 0.1) is 12.6 Å². The smallest absolute Gasteiger partial charge is 0.411 e. The van der Waals surface area contributed by atoms with Crippen molar-refractivity contribution < 1.29 is 19.1 Å². The maximum absolute atomic E-state index is 12.6. The summed E-state index contributed by atoms with van der Waals surface area (Å²) in [5.74, 6) is 0.102. The summed E-state index contributed by atoms with van der Waals surface area (Å²) >= 11 is 3.26. The monoisotopic (exact) mass is 399 g/mol. The number of amides is 2.